The fraction of sp³-hybridized carbons (Fsp3) is 0.348. The Kier molecular flexibility index (Phi) is 5.24. The van der Waals surface area contributed by atoms with E-state index in [-0.39, 0.29) is 42.8 Å². The molecule has 4 aromatic rings. The van der Waals surface area contributed by atoms with Crippen LogP contribution in [0.2, 0.25) is 0 Å². The number of fused-ring (bicyclic) bond motifs is 2. The molecule has 4 heterocycles. The van der Waals surface area contributed by atoms with Crippen LogP contribution in [0.4, 0.5) is 28.9 Å². The van der Waals surface area contributed by atoms with Gasteiger partial charge in [0.05, 0.1) is 16.9 Å². The number of amides is 1. The van der Waals surface area contributed by atoms with Gasteiger partial charge in [0, 0.05) is 55.9 Å². The van der Waals surface area contributed by atoms with Crippen molar-refractivity contribution in [1.29, 1.82) is 0 Å². The first-order chi connectivity index (χ1) is 16.4. The Labute approximate surface area is 197 Å². The molecule has 5 rings (SSSR count). The number of piperidine rings is 1. The van der Waals surface area contributed by atoms with E-state index in [4.69, 9.17) is 5.73 Å². The molecule has 35 heavy (non-hydrogen) atoms. The molecular weight excluding hydrogens is 466 g/mol. The van der Waals surface area contributed by atoms with E-state index in [1.807, 2.05) is 4.90 Å². The summed E-state index contributed by atoms with van der Waals surface area (Å²) < 4.78 is 57.4. The number of hydrogen-bond acceptors (Lipinski definition) is 5. The molecule has 1 aromatic carbocycles. The van der Waals surface area contributed by atoms with E-state index in [1.165, 1.54) is 15.1 Å². The third kappa shape index (κ3) is 3.97. The average Bonchev–Trinajstić information content (AvgIpc) is 3.34. The van der Waals surface area contributed by atoms with Crippen LogP contribution in [-0.2, 0) is 7.05 Å². The molecule has 1 saturated heterocycles. The smallest absolute Gasteiger partial charge is 0.371 e. The number of benzene rings is 1. The molecule has 184 valence electrons. The molecule has 1 fully saturated rings. The van der Waals surface area contributed by atoms with E-state index in [0.717, 1.165) is 0 Å². The molecule has 0 saturated carbocycles. The molecule has 0 radical (unpaired) electrons. The summed E-state index contributed by atoms with van der Waals surface area (Å²) in [6, 6.07) is 4.46. The lowest BCUT2D eigenvalue weighted by Crippen LogP contribution is -2.59. The fourth-order valence-corrected chi connectivity index (χ4v) is 4.54. The standard InChI is InChI=1S/C23H23F4N7O/c1-13-10-34-11-14(9-17(24)20(34)29-13)30-21(35)15-3-4-18(16-12-32(2)31-19(15)16)33-7-5-22(28,6-8-33)23(25,26)27/h3-4,9-12H,5-8,28H2,1-2H3,(H,30,35). The Balaban J connectivity index is 1.44. The van der Waals surface area contributed by atoms with Crippen molar-refractivity contribution in [3.8, 4) is 0 Å². The molecule has 1 aliphatic rings. The van der Waals surface area contributed by atoms with Gasteiger partial charge in [0.15, 0.2) is 11.5 Å². The monoisotopic (exact) mass is 489 g/mol. The minimum Gasteiger partial charge on any atom is -0.371 e. The number of hydrogen-bond donors (Lipinski definition) is 2. The number of anilines is 2. The van der Waals surface area contributed by atoms with Gasteiger partial charge in [-0.15, -0.1) is 0 Å². The maximum Gasteiger partial charge on any atom is 0.406 e. The van der Waals surface area contributed by atoms with Gasteiger partial charge < -0.3 is 20.4 Å². The number of imidazole rings is 1. The first-order valence-electron chi connectivity index (χ1n) is 11.0. The van der Waals surface area contributed by atoms with Crippen LogP contribution >= 0.6 is 0 Å². The summed E-state index contributed by atoms with van der Waals surface area (Å²) in [6.45, 7) is 1.98. The van der Waals surface area contributed by atoms with Crippen LogP contribution in [0.3, 0.4) is 0 Å². The highest BCUT2D eigenvalue weighted by molar-refractivity contribution is 6.13. The van der Waals surface area contributed by atoms with Crippen LogP contribution in [0.5, 0.6) is 0 Å². The molecule has 8 nitrogen and oxygen atoms in total. The van der Waals surface area contributed by atoms with Gasteiger partial charge in [-0.05, 0) is 31.9 Å². The number of aryl methyl sites for hydroxylation is 2. The van der Waals surface area contributed by atoms with Crippen LogP contribution in [0, 0.1) is 12.7 Å². The topological polar surface area (TPSA) is 93.5 Å². The average molecular weight is 489 g/mol. The molecular formula is C23H23F4N7O. The second kappa shape index (κ2) is 7.94. The third-order valence-corrected chi connectivity index (χ3v) is 6.46. The largest absolute Gasteiger partial charge is 0.406 e. The van der Waals surface area contributed by atoms with E-state index in [2.05, 4.69) is 15.4 Å². The predicted molar refractivity (Wildman–Crippen MR) is 123 cm³/mol. The minimum atomic E-state index is -4.47. The number of aromatic nitrogens is 4. The van der Waals surface area contributed by atoms with Crippen molar-refractivity contribution in [2.75, 3.05) is 23.3 Å². The zero-order chi connectivity index (χ0) is 25.1. The number of carbonyl (C=O) groups is 1. The maximum atomic E-state index is 14.4. The van der Waals surface area contributed by atoms with Crippen LogP contribution < -0.4 is 16.0 Å². The quantitative estimate of drug-likeness (QED) is 0.428. The van der Waals surface area contributed by atoms with Crippen molar-refractivity contribution >= 4 is 33.8 Å². The number of halogens is 4. The van der Waals surface area contributed by atoms with Gasteiger partial charge in [-0.2, -0.15) is 18.3 Å². The van der Waals surface area contributed by atoms with Crippen LogP contribution in [0.25, 0.3) is 16.6 Å². The van der Waals surface area contributed by atoms with Crippen molar-refractivity contribution in [2.24, 2.45) is 12.8 Å². The van der Waals surface area contributed by atoms with Gasteiger partial charge in [0.1, 0.15) is 11.1 Å². The Morgan fingerprint density at radius 2 is 1.89 bits per heavy atom. The van der Waals surface area contributed by atoms with Crippen molar-refractivity contribution in [2.45, 2.75) is 31.5 Å². The second-order valence-electron chi connectivity index (χ2n) is 8.98. The fourth-order valence-electron chi connectivity index (χ4n) is 4.54. The molecule has 0 spiro atoms. The number of nitrogens with two attached hydrogens (primary N) is 1. The number of nitrogens with one attached hydrogen (secondary N) is 1. The summed E-state index contributed by atoms with van der Waals surface area (Å²) in [5.41, 5.74) is 5.78. The van der Waals surface area contributed by atoms with Crippen LogP contribution in [0.15, 0.2) is 36.8 Å². The minimum absolute atomic E-state index is 0.120. The first-order valence-corrected chi connectivity index (χ1v) is 11.0. The summed E-state index contributed by atoms with van der Waals surface area (Å²) in [6.07, 6.45) is -0.0103. The Bertz CT molecular complexity index is 1450. The molecule has 3 aromatic heterocycles. The van der Waals surface area contributed by atoms with Gasteiger partial charge in [-0.1, -0.05) is 0 Å². The highest BCUT2D eigenvalue weighted by Gasteiger charge is 2.53. The SMILES string of the molecule is Cc1cn2cc(NC(=O)c3ccc(N4CCC(N)(C(F)(F)F)CC4)c4cn(C)nc34)cc(F)c2n1. The summed E-state index contributed by atoms with van der Waals surface area (Å²) in [4.78, 5) is 19.0. The normalized spacial score (nSPS) is 16.3. The van der Waals surface area contributed by atoms with Gasteiger partial charge in [0.2, 0.25) is 0 Å². The van der Waals surface area contributed by atoms with Gasteiger partial charge in [-0.3, -0.25) is 9.48 Å². The molecule has 1 amide bonds. The van der Waals surface area contributed by atoms with E-state index >= 15 is 0 Å². The zero-order valence-corrected chi connectivity index (χ0v) is 19.0. The molecule has 0 atom stereocenters. The number of rotatable bonds is 3. The molecule has 3 N–H and O–H groups in total. The highest BCUT2D eigenvalue weighted by Crippen LogP contribution is 2.39. The Morgan fingerprint density at radius 1 is 1.17 bits per heavy atom. The summed E-state index contributed by atoms with van der Waals surface area (Å²) in [5.74, 6) is -1.07. The summed E-state index contributed by atoms with van der Waals surface area (Å²) in [7, 11) is 1.70. The molecule has 1 aliphatic heterocycles. The highest BCUT2D eigenvalue weighted by atomic mass is 19.4. The van der Waals surface area contributed by atoms with Crippen molar-refractivity contribution in [1.82, 2.24) is 19.2 Å². The Morgan fingerprint density at radius 3 is 2.57 bits per heavy atom. The number of alkyl halides is 3. The van der Waals surface area contributed by atoms with Crippen molar-refractivity contribution in [3.63, 3.8) is 0 Å². The first kappa shape index (κ1) is 23.1. The second-order valence-corrected chi connectivity index (χ2v) is 8.98. The lowest BCUT2D eigenvalue weighted by atomic mass is 9.87. The zero-order valence-electron chi connectivity index (χ0n) is 19.0. The van der Waals surface area contributed by atoms with E-state index in [1.54, 1.807) is 44.7 Å². The van der Waals surface area contributed by atoms with Crippen molar-refractivity contribution in [3.05, 3.63) is 53.9 Å². The van der Waals surface area contributed by atoms with Gasteiger partial charge >= 0.3 is 6.18 Å². The Hall–Kier alpha value is -3.67. The summed E-state index contributed by atoms with van der Waals surface area (Å²) >= 11 is 0. The van der Waals surface area contributed by atoms with Crippen LogP contribution in [-0.4, -0.2) is 49.9 Å². The third-order valence-electron chi connectivity index (χ3n) is 6.46. The van der Waals surface area contributed by atoms with Gasteiger partial charge in [-0.25, -0.2) is 9.37 Å². The maximum absolute atomic E-state index is 14.4. The molecule has 0 bridgehead atoms. The number of pyridine rings is 1. The van der Waals surface area contributed by atoms with E-state index < -0.39 is 23.4 Å². The molecule has 0 aliphatic carbocycles. The number of carbonyl (C=O) groups excluding carboxylic acids is 1. The summed E-state index contributed by atoms with van der Waals surface area (Å²) in [5, 5.41) is 7.73. The lowest BCUT2D eigenvalue weighted by Gasteiger charge is -2.41. The van der Waals surface area contributed by atoms with E-state index in [9.17, 15) is 22.4 Å². The van der Waals surface area contributed by atoms with Crippen molar-refractivity contribution < 1.29 is 22.4 Å². The van der Waals surface area contributed by atoms with Crippen LogP contribution in [0.1, 0.15) is 28.9 Å². The predicted octanol–water partition coefficient (Wildman–Crippen LogP) is 3.78. The van der Waals surface area contributed by atoms with Gasteiger partial charge in [0.25, 0.3) is 5.91 Å². The van der Waals surface area contributed by atoms with E-state index in [0.29, 0.717) is 22.3 Å². The molecule has 12 heteroatoms. The number of nitrogens with zero attached hydrogens (tertiary/aromatic N) is 5. The lowest BCUT2D eigenvalue weighted by molar-refractivity contribution is -0.191. The molecule has 0 unspecified atom stereocenters.